The molecule has 1 atom stereocenters. The summed E-state index contributed by atoms with van der Waals surface area (Å²) in [6.45, 7) is -0.241. The summed E-state index contributed by atoms with van der Waals surface area (Å²) in [6.07, 6.45) is -0.812. The molecule has 1 aromatic rings. The van der Waals surface area contributed by atoms with Gasteiger partial charge < -0.3 is 25.4 Å². The second-order valence-corrected chi connectivity index (χ2v) is 4.80. The van der Waals surface area contributed by atoms with E-state index in [1.807, 2.05) is 0 Å². The van der Waals surface area contributed by atoms with E-state index >= 15 is 0 Å². The van der Waals surface area contributed by atoms with Gasteiger partial charge in [0.2, 0.25) is 0 Å². The molecule has 1 rings (SSSR count). The molecule has 108 valence electrons. The molecule has 1 unspecified atom stereocenters. The molecule has 5 nitrogen and oxygen atoms in total. The maximum Gasteiger partial charge on any atom is 0.156 e. The van der Waals surface area contributed by atoms with E-state index in [-0.39, 0.29) is 26.4 Å². The summed E-state index contributed by atoms with van der Waals surface area (Å²) >= 11 is 11.8. The van der Waals surface area contributed by atoms with Gasteiger partial charge in [0.05, 0.1) is 29.3 Å². The minimum absolute atomic E-state index is 0.0000302. The van der Waals surface area contributed by atoms with Crippen LogP contribution in [0.3, 0.4) is 0 Å². The predicted octanol–water partition coefficient (Wildman–Crippen LogP) is 0.676. The van der Waals surface area contributed by atoms with Gasteiger partial charge in [-0.2, -0.15) is 0 Å². The van der Waals surface area contributed by atoms with Gasteiger partial charge in [0, 0.05) is 6.54 Å². The molecule has 7 heteroatoms. The molecule has 0 aliphatic carbocycles. The van der Waals surface area contributed by atoms with Crippen molar-refractivity contribution in [2.75, 3.05) is 26.4 Å². The molecule has 0 bridgehead atoms. The largest absolute Gasteiger partial charge is 0.488 e. The molecule has 19 heavy (non-hydrogen) atoms. The number of ether oxygens (including phenoxy) is 1. The van der Waals surface area contributed by atoms with Gasteiger partial charge in [0.1, 0.15) is 12.7 Å². The maximum absolute atomic E-state index is 9.70. The fourth-order valence-corrected chi connectivity index (χ4v) is 1.85. The van der Waals surface area contributed by atoms with Crippen LogP contribution in [0.25, 0.3) is 0 Å². The molecule has 0 fully saturated rings. The van der Waals surface area contributed by atoms with Gasteiger partial charge in [0.15, 0.2) is 5.75 Å². The standard InChI is InChI=1S/C12H17Cl2NO4/c13-10-2-1-3-11(14)12(10)19-7-9(18)4-15-8(5-16)6-17/h1-3,8-9,15-18H,4-7H2. The Balaban J connectivity index is 2.40. The lowest BCUT2D eigenvalue weighted by atomic mass is 10.3. The normalized spacial score (nSPS) is 12.7. The number of rotatable bonds is 8. The van der Waals surface area contributed by atoms with E-state index in [1.165, 1.54) is 0 Å². The number of hydrogen-bond donors (Lipinski definition) is 4. The first kappa shape index (κ1) is 16.5. The van der Waals surface area contributed by atoms with Crippen LogP contribution < -0.4 is 10.1 Å². The van der Waals surface area contributed by atoms with E-state index in [2.05, 4.69) is 5.32 Å². The minimum Gasteiger partial charge on any atom is -0.488 e. The van der Waals surface area contributed by atoms with Gasteiger partial charge in [0.25, 0.3) is 0 Å². The summed E-state index contributed by atoms with van der Waals surface area (Å²) in [4.78, 5) is 0. The van der Waals surface area contributed by atoms with Crippen LogP contribution >= 0.6 is 23.2 Å². The van der Waals surface area contributed by atoms with Gasteiger partial charge in [-0.25, -0.2) is 0 Å². The van der Waals surface area contributed by atoms with Crippen molar-refractivity contribution < 1.29 is 20.1 Å². The topological polar surface area (TPSA) is 82.0 Å². The Labute approximate surface area is 121 Å². The molecule has 1 aromatic carbocycles. The second-order valence-electron chi connectivity index (χ2n) is 3.99. The lowest BCUT2D eigenvalue weighted by Gasteiger charge is -2.18. The minimum atomic E-state index is -0.812. The zero-order chi connectivity index (χ0) is 14.3. The number of hydrogen-bond acceptors (Lipinski definition) is 5. The fourth-order valence-electron chi connectivity index (χ4n) is 1.35. The van der Waals surface area contributed by atoms with Crippen molar-refractivity contribution in [3.8, 4) is 5.75 Å². The van der Waals surface area contributed by atoms with E-state index in [4.69, 9.17) is 38.2 Å². The highest BCUT2D eigenvalue weighted by Crippen LogP contribution is 2.32. The van der Waals surface area contributed by atoms with Crippen molar-refractivity contribution in [2.45, 2.75) is 12.1 Å². The molecule has 0 saturated carbocycles. The Kier molecular flexibility index (Phi) is 7.45. The summed E-state index contributed by atoms with van der Waals surface area (Å²) < 4.78 is 5.35. The number of benzene rings is 1. The van der Waals surface area contributed by atoms with Gasteiger partial charge >= 0.3 is 0 Å². The molecule has 0 saturated heterocycles. The summed E-state index contributed by atoms with van der Waals surface area (Å²) in [5, 5.41) is 30.9. The zero-order valence-corrected chi connectivity index (χ0v) is 11.7. The Morgan fingerprint density at radius 3 is 2.26 bits per heavy atom. The number of aliphatic hydroxyl groups excluding tert-OH is 3. The van der Waals surface area contributed by atoms with Crippen LogP contribution in [0, 0.1) is 0 Å². The molecule has 0 aliphatic rings. The van der Waals surface area contributed by atoms with E-state index in [0.717, 1.165) is 0 Å². The molecule has 0 aromatic heterocycles. The first-order chi connectivity index (χ1) is 9.08. The van der Waals surface area contributed by atoms with Crippen molar-refractivity contribution in [3.63, 3.8) is 0 Å². The molecule has 0 aliphatic heterocycles. The molecule has 0 amide bonds. The highest BCUT2D eigenvalue weighted by molar-refractivity contribution is 6.37. The summed E-state index contributed by atoms with van der Waals surface area (Å²) in [6, 6.07) is 4.52. The Hall–Kier alpha value is -0.560. The van der Waals surface area contributed by atoms with Crippen molar-refractivity contribution in [3.05, 3.63) is 28.2 Å². The van der Waals surface area contributed by atoms with Crippen LogP contribution in [0.1, 0.15) is 0 Å². The zero-order valence-electron chi connectivity index (χ0n) is 10.2. The third-order valence-corrected chi connectivity index (χ3v) is 3.02. The number of para-hydroxylation sites is 1. The quantitative estimate of drug-likeness (QED) is 0.567. The fraction of sp³-hybridized carbons (Fsp3) is 0.500. The molecular weight excluding hydrogens is 293 g/mol. The molecule has 0 spiro atoms. The van der Waals surface area contributed by atoms with Crippen LogP contribution in [0.15, 0.2) is 18.2 Å². The van der Waals surface area contributed by atoms with E-state index in [0.29, 0.717) is 15.8 Å². The van der Waals surface area contributed by atoms with Gasteiger partial charge in [-0.3, -0.25) is 0 Å². The Bertz CT molecular complexity index is 368. The van der Waals surface area contributed by atoms with Crippen molar-refractivity contribution in [1.29, 1.82) is 0 Å². The highest BCUT2D eigenvalue weighted by Gasteiger charge is 2.12. The second kappa shape index (κ2) is 8.58. The molecule has 4 N–H and O–H groups in total. The first-order valence-electron chi connectivity index (χ1n) is 5.78. The molecule has 0 heterocycles. The van der Waals surface area contributed by atoms with Crippen molar-refractivity contribution in [2.24, 2.45) is 0 Å². The van der Waals surface area contributed by atoms with E-state index in [1.54, 1.807) is 18.2 Å². The molecule has 0 radical (unpaired) electrons. The highest BCUT2D eigenvalue weighted by atomic mass is 35.5. The number of nitrogens with one attached hydrogen (secondary N) is 1. The third-order valence-electron chi connectivity index (χ3n) is 2.42. The predicted molar refractivity (Wildman–Crippen MR) is 73.9 cm³/mol. The van der Waals surface area contributed by atoms with Crippen LogP contribution in [0.2, 0.25) is 10.0 Å². The van der Waals surface area contributed by atoms with Crippen LogP contribution in [-0.2, 0) is 0 Å². The summed E-state index contributed by atoms with van der Waals surface area (Å²) in [5.41, 5.74) is 0. The lowest BCUT2D eigenvalue weighted by Crippen LogP contribution is -2.41. The van der Waals surface area contributed by atoms with Crippen molar-refractivity contribution >= 4 is 23.2 Å². The van der Waals surface area contributed by atoms with Crippen LogP contribution in [0.4, 0.5) is 0 Å². The average Bonchev–Trinajstić information content (AvgIpc) is 2.39. The van der Waals surface area contributed by atoms with Crippen LogP contribution in [0.5, 0.6) is 5.75 Å². The Morgan fingerprint density at radius 1 is 1.16 bits per heavy atom. The average molecular weight is 310 g/mol. The third kappa shape index (κ3) is 5.52. The smallest absolute Gasteiger partial charge is 0.156 e. The van der Waals surface area contributed by atoms with E-state index in [9.17, 15) is 5.11 Å². The van der Waals surface area contributed by atoms with Gasteiger partial charge in [-0.15, -0.1) is 0 Å². The SMILES string of the molecule is OCC(CO)NCC(O)COc1c(Cl)cccc1Cl. The van der Waals surface area contributed by atoms with E-state index < -0.39 is 12.1 Å². The van der Waals surface area contributed by atoms with Gasteiger partial charge in [-0.05, 0) is 12.1 Å². The Morgan fingerprint density at radius 2 is 1.74 bits per heavy atom. The monoisotopic (exact) mass is 309 g/mol. The lowest BCUT2D eigenvalue weighted by molar-refractivity contribution is 0.0930. The number of aliphatic hydroxyl groups is 3. The first-order valence-corrected chi connectivity index (χ1v) is 6.54. The summed E-state index contributed by atoms with van der Waals surface area (Å²) in [7, 11) is 0. The molecular formula is C12H17Cl2NO4. The summed E-state index contributed by atoms with van der Waals surface area (Å²) in [5.74, 6) is 0.325. The maximum atomic E-state index is 9.70. The van der Waals surface area contributed by atoms with Crippen LogP contribution in [-0.4, -0.2) is 53.8 Å². The number of halogens is 2. The van der Waals surface area contributed by atoms with Gasteiger partial charge in [-0.1, -0.05) is 29.3 Å². The van der Waals surface area contributed by atoms with Crippen molar-refractivity contribution in [1.82, 2.24) is 5.32 Å².